The summed E-state index contributed by atoms with van der Waals surface area (Å²) in [5.74, 6) is 0.679. The molecule has 0 spiro atoms. The van der Waals surface area contributed by atoms with Crippen LogP contribution in [0.25, 0.3) is 0 Å². The molecule has 0 aliphatic carbocycles. The summed E-state index contributed by atoms with van der Waals surface area (Å²) in [6.07, 6.45) is 10.7. The Morgan fingerprint density at radius 1 is 1.17 bits per heavy atom. The first kappa shape index (κ1) is 22.4. The average Bonchev–Trinajstić information content (AvgIpc) is 2.74. The van der Waals surface area contributed by atoms with Crippen LogP contribution in [0.5, 0.6) is 0 Å². The minimum absolute atomic E-state index is 0.0498. The third-order valence-electron chi connectivity index (χ3n) is 4.73. The quantitative estimate of drug-likeness (QED) is 0.333. The molecule has 0 fully saturated rings. The Morgan fingerprint density at radius 2 is 1.93 bits per heavy atom. The fraction of sp³-hybridized carbons (Fsp3) is 0.550. The van der Waals surface area contributed by atoms with Crippen molar-refractivity contribution in [1.29, 1.82) is 0 Å². The van der Waals surface area contributed by atoms with E-state index in [1.54, 1.807) is 0 Å². The molecule has 1 aromatic heterocycles. The van der Waals surface area contributed by atoms with E-state index in [1.807, 2.05) is 38.4 Å². The van der Waals surface area contributed by atoms with E-state index >= 15 is 0 Å². The van der Waals surface area contributed by atoms with Gasteiger partial charge in [-0.3, -0.25) is 9.36 Å². The zero-order valence-corrected chi connectivity index (χ0v) is 17.4. The molecule has 0 bridgehead atoms. The number of hydrogen-bond donors (Lipinski definition) is 0. The highest BCUT2D eigenvalue weighted by Crippen LogP contribution is 2.20. The number of halogens is 1. The molecule has 9 heteroatoms. The largest absolute Gasteiger partial charge is 0.489 e. The monoisotopic (exact) mass is 407 g/mol. The molecule has 0 amide bonds. The standard InChI is InChI=1S/C20H30FN5O3/c1-4-17(18(5-2)29-15-8-21)25-13-11-24(12-14-25)9-6-7-10-26-20(28)23(3)19(27)16-22-26/h4-5,11,13,16H,6-10,12,14-15H2,1-3H3/b17-4+,18-5+. The van der Waals surface area contributed by atoms with Gasteiger partial charge >= 0.3 is 5.69 Å². The van der Waals surface area contributed by atoms with Gasteiger partial charge in [0, 0.05) is 45.6 Å². The van der Waals surface area contributed by atoms with Crippen molar-refractivity contribution < 1.29 is 9.13 Å². The number of rotatable bonds is 10. The van der Waals surface area contributed by atoms with Crippen molar-refractivity contribution in [3.63, 3.8) is 0 Å². The molecule has 0 aromatic carbocycles. The summed E-state index contributed by atoms with van der Waals surface area (Å²) in [6, 6.07) is 0. The summed E-state index contributed by atoms with van der Waals surface area (Å²) in [5.41, 5.74) is 0.141. The van der Waals surface area contributed by atoms with E-state index in [2.05, 4.69) is 14.9 Å². The van der Waals surface area contributed by atoms with Crippen molar-refractivity contribution in [2.24, 2.45) is 7.05 Å². The number of hydrogen-bond acceptors (Lipinski definition) is 6. The Hall–Kier alpha value is -2.84. The zero-order chi connectivity index (χ0) is 21.2. The minimum atomic E-state index is -0.515. The van der Waals surface area contributed by atoms with E-state index in [0.717, 1.165) is 42.7 Å². The molecule has 2 rings (SSSR count). The molecule has 160 valence electrons. The fourth-order valence-electron chi connectivity index (χ4n) is 3.10. The molecule has 0 radical (unpaired) electrons. The lowest BCUT2D eigenvalue weighted by atomic mass is 10.2. The molecule has 1 aromatic rings. The third kappa shape index (κ3) is 6.07. The summed E-state index contributed by atoms with van der Waals surface area (Å²) < 4.78 is 20.3. The van der Waals surface area contributed by atoms with Gasteiger partial charge in [0.1, 0.15) is 25.2 Å². The number of alkyl halides is 1. The molecule has 29 heavy (non-hydrogen) atoms. The van der Waals surface area contributed by atoms with E-state index in [1.165, 1.54) is 17.9 Å². The maximum atomic E-state index is 12.4. The SMILES string of the molecule is C/C=C(OCCF)\C(=C/C)N1C=CN(CCCCn2ncc(=O)n(C)c2=O)CC1. The normalized spacial score (nSPS) is 15.2. The molecule has 1 aliphatic heterocycles. The highest BCUT2D eigenvalue weighted by Gasteiger charge is 2.16. The molecule has 0 saturated heterocycles. The number of unbranched alkanes of at least 4 members (excludes halogenated alkanes) is 1. The Labute approximate surface area is 170 Å². The van der Waals surface area contributed by atoms with Crippen molar-refractivity contribution >= 4 is 0 Å². The van der Waals surface area contributed by atoms with E-state index in [0.29, 0.717) is 12.3 Å². The van der Waals surface area contributed by atoms with Crippen LogP contribution in [-0.4, -0.2) is 57.1 Å². The second kappa shape index (κ2) is 11.2. The van der Waals surface area contributed by atoms with Crippen LogP contribution in [0.2, 0.25) is 0 Å². The van der Waals surface area contributed by atoms with Gasteiger partial charge in [-0.1, -0.05) is 6.08 Å². The van der Waals surface area contributed by atoms with Gasteiger partial charge in [0.05, 0.1) is 5.70 Å². The van der Waals surface area contributed by atoms with Crippen molar-refractivity contribution in [2.75, 3.05) is 32.9 Å². The first-order valence-electron chi connectivity index (χ1n) is 9.85. The van der Waals surface area contributed by atoms with Gasteiger partial charge in [-0.2, -0.15) is 5.10 Å². The van der Waals surface area contributed by atoms with Gasteiger partial charge in [0.15, 0.2) is 0 Å². The molecular weight excluding hydrogens is 377 g/mol. The molecule has 8 nitrogen and oxygen atoms in total. The maximum absolute atomic E-state index is 12.4. The number of nitrogens with zero attached hydrogens (tertiary/aromatic N) is 5. The summed E-state index contributed by atoms with van der Waals surface area (Å²) in [5, 5.41) is 3.90. The second-order valence-electron chi connectivity index (χ2n) is 6.65. The lowest BCUT2D eigenvalue weighted by Gasteiger charge is -2.33. The Balaban J connectivity index is 1.83. The molecule has 0 N–H and O–H groups in total. The Bertz CT molecular complexity index is 872. The summed E-state index contributed by atoms with van der Waals surface area (Å²) in [4.78, 5) is 27.6. The van der Waals surface area contributed by atoms with E-state index in [4.69, 9.17) is 4.74 Å². The van der Waals surface area contributed by atoms with Crippen LogP contribution in [0, 0.1) is 0 Å². The molecule has 0 atom stereocenters. The van der Waals surface area contributed by atoms with Crippen LogP contribution in [-0.2, 0) is 18.3 Å². The van der Waals surface area contributed by atoms with Gasteiger partial charge in [-0.05, 0) is 32.8 Å². The smallest absolute Gasteiger partial charge is 0.347 e. The van der Waals surface area contributed by atoms with Gasteiger partial charge in [-0.15, -0.1) is 0 Å². The maximum Gasteiger partial charge on any atom is 0.347 e. The van der Waals surface area contributed by atoms with E-state index in [9.17, 15) is 14.0 Å². The van der Waals surface area contributed by atoms with Crippen LogP contribution in [0.3, 0.4) is 0 Å². The third-order valence-corrected chi connectivity index (χ3v) is 4.73. The predicted molar refractivity (Wildman–Crippen MR) is 110 cm³/mol. The zero-order valence-electron chi connectivity index (χ0n) is 17.4. The lowest BCUT2D eigenvalue weighted by Crippen LogP contribution is -2.39. The minimum Gasteiger partial charge on any atom is -0.489 e. The number of aromatic nitrogens is 3. The van der Waals surface area contributed by atoms with E-state index < -0.39 is 12.2 Å². The van der Waals surface area contributed by atoms with Crippen LogP contribution in [0.15, 0.2) is 51.8 Å². The second-order valence-corrected chi connectivity index (χ2v) is 6.65. The lowest BCUT2D eigenvalue weighted by molar-refractivity contribution is 0.178. The topological polar surface area (TPSA) is 72.6 Å². The van der Waals surface area contributed by atoms with Crippen LogP contribution in [0.1, 0.15) is 26.7 Å². The van der Waals surface area contributed by atoms with Crippen LogP contribution < -0.4 is 11.2 Å². The fourth-order valence-corrected chi connectivity index (χ4v) is 3.10. The van der Waals surface area contributed by atoms with Gasteiger partial charge < -0.3 is 14.5 Å². The number of allylic oxidation sites excluding steroid dienone is 2. The van der Waals surface area contributed by atoms with Crippen molar-refractivity contribution in [3.05, 3.63) is 63.0 Å². The molecule has 1 aliphatic rings. The highest BCUT2D eigenvalue weighted by molar-refractivity contribution is 5.26. The number of aryl methyl sites for hydroxylation is 1. The van der Waals surface area contributed by atoms with E-state index in [-0.39, 0.29) is 12.3 Å². The van der Waals surface area contributed by atoms with Gasteiger partial charge in [0.25, 0.3) is 5.56 Å². The van der Waals surface area contributed by atoms with Gasteiger partial charge in [-0.25, -0.2) is 13.9 Å². The predicted octanol–water partition coefficient (Wildman–Crippen LogP) is 1.60. The molecule has 0 unspecified atom stereocenters. The molecule has 0 saturated carbocycles. The Morgan fingerprint density at radius 3 is 2.55 bits per heavy atom. The van der Waals surface area contributed by atoms with Crippen molar-refractivity contribution in [2.45, 2.75) is 33.2 Å². The van der Waals surface area contributed by atoms with Crippen LogP contribution >= 0.6 is 0 Å². The molecular formula is C20H30FN5O3. The average molecular weight is 407 g/mol. The first-order valence-corrected chi connectivity index (χ1v) is 9.85. The van der Waals surface area contributed by atoms with Crippen molar-refractivity contribution in [3.8, 4) is 0 Å². The first-order chi connectivity index (χ1) is 14.0. The summed E-state index contributed by atoms with van der Waals surface area (Å²) in [6.45, 7) is 6.35. The summed E-state index contributed by atoms with van der Waals surface area (Å²) in [7, 11) is 1.45. The van der Waals surface area contributed by atoms with Crippen molar-refractivity contribution in [1.82, 2.24) is 24.1 Å². The van der Waals surface area contributed by atoms with Gasteiger partial charge in [0.2, 0.25) is 0 Å². The van der Waals surface area contributed by atoms with Crippen LogP contribution in [0.4, 0.5) is 4.39 Å². The Kier molecular flexibility index (Phi) is 8.69. The molecule has 2 heterocycles. The highest BCUT2D eigenvalue weighted by atomic mass is 19.1. The summed E-state index contributed by atoms with van der Waals surface area (Å²) >= 11 is 0. The number of ether oxygens (including phenoxy) is 1.